The normalized spacial score (nSPS) is 9.81. The average molecular weight is 233 g/mol. The number of rotatable bonds is 2. The Balaban J connectivity index is 2.00. The lowest BCUT2D eigenvalue weighted by atomic mass is 10.2. The van der Waals surface area contributed by atoms with Crippen LogP contribution in [0, 0.1) is 6.92 Å². The van der Waals surface area contributed by atoms with Crippen molar-refractivity contribution in [2.24, 2.45) is 0 Å². The molecule has 0 radical (unpaired) electrons. The third-order valence-corrected chi connectivity index (χ3v) is 2.73. The van der Waals surface area contributed by atoms with E-state index in [-0.39, 0.29) is 6.03 Å². The van der Waals surface area contributed by atoms with Gasteiger partial charge in [-0.2, -0.15) is 0 Å². The van der Waals surface area contributed by atoms with E-state index in [2.05, 4.69) is 15.6 Å². The standard InChI is InChI=1S/C11H11N3OS/c1-8-4-2-3-5-9(8)13-10(15)14-11-12-6-7-16-11/h2-7H,1H3,(H2,12,13,14,15). The highest BCUT2D eigenvalue weighted by atomic mass is 32.1. The molecule has 2 aromatic rings. The second-order valence-corrected chi connectivity index (χ2v) is 4.13. The van der Waals surface area contributed by atoms with E-state index >= 15 is 0 Å². The van der Waals surface area contributed by atoms with Crippen LogP contribution in [-0.2, 0) is 0 Å². The summed E-state index contributed by atoms with van der Waals surface area (Å²) in [7, 11) is 0. The summed E-state index contributed by atoms with van der Waals surface area (Å²) < 4.78 is 0. The highest BCUT2D eigenvalue weighted by molar-refractivity contribution is 7.13. The van der Waals surface area contributed by atoms with Gasteiger partial charge in [0.2, 0.25) is 0 Å². The van der Waals surface area contributed by atoms with E-state index in [1.54, 1.807) is 6.20 Å². The van der Waals surface area contributed by atoms with Gasteiger partial charge in [0.05, 0.1) is 0 Å². The Morgan fingerprint density at radius 2 is 2.12 bits per heavy atom. The summed E-state index contributed by atoms with van der Waals surface area (Å²) >= 11 is 1.38. The van der Waals surface area contributed by atoms with Crippen molar-refractivity contribution in [2.45, 2.75) is 6.92 Å². The molecule has 0 spiro atoms. The van der Waals surface area contributed by atoms with E-state index in [0.717, 1.165) is 11.3 Å². The number of aryl methyl sites for hydroxylation is 1. The first-order valence-electron chi connectivity index (χ1n) is 4.79. The molecular weight excluding hydrogens is 222 g/mol. The van der Waals surface area contributed by atoms with Gasteiger partial charge in [-0.1, -0.05) is 18.2 Å². The van der Waals surface area contributed by atoms with E-state index in [1.165, 1.54) is 11.3 Å². The number of hydrogen-bond acceptors (Lipinski definition) is 3. The second kappa shape index (κ2) is 4.76. The molecule has 0 aliphatic heterocycles. The predicted octanol–water partition coefficient (Wildman–Crippen LogP) is 3.10. The molecule has 1 aromatic heterocycles. The molecule has 0 bridgehead atoms. The lowest BCUT2D eigenvalue weighted by molar-refractivity contribution is 0.262. The summed E-state index contributed by atoms with van der Waals surface area (Å²) in [6, 6.07) is 7.34. The number of nitrogens with zero attached hydrogens (tertiary/aromatic N) is 1. The van der Waals surface area contributed by atoms with Crippen LogP contribution in [0.25, 0.3) is 0 Å². The van der Waals surface area contributed by atoms with Crippen LogP contribution < -0.4 is 10.6 Å². The molecule has 5 heteroatoms. The lowest BCUT2D eigenvalue weighted by Crippen LogP contribution is -2.19. The smallest absolute Gasteiger partial charge is 0.307 e. The highest BCUT2D eigenvalue weighted by Crippen LogP contribution is 2.15. The molecule has 2 N–H and O–H groups in total. The Hall–Kier alpha value is -1.88. The molecule has 4 nitrogen and oxygen atoms in total. The van der Waals surface area contributed by atoms with Gasteiger partial charge in [-0.15, -0.1) is 11.3 Å². The minimum atomic E-state index is -0.274. The van der Waals surface area contributed by atoms with Gasteiger partial charge in [0.15, 0.2) is 5.13 Å². The van der Waals surface area contributed by atoms with Gasteiger partial charge < -0.3 is 5.32 Å². The molecule has 0 unspecified atom stereocenters. The van der Waals surface area contributed by atoms with Gasteiger partial charge in [-0.05, 0) is 18.6 Å². The third-order valence-electron chi connectivity index (χ3n) is 2.05. The Labute approximate surface area is 97.3 Å². The summed E-state index contributed by atoms with van der Waals surface area (Å²) in [6.45, 7) is 1.94. The SMILES string of the molecule is Cc1ccccc1NC(=O)Nc1nccs1. The van der Waals surface area contributed by atoms with Crippen LogP contribution in [-0.4, -0.2) is 11.0 Å². The van der Waals surface area contributed by atoms with Gasteiger partial charge in [0.25, 0.3) is 0 Å². The summed E-state index contributed by atoms with van der Waals surface area (Å²) in [4.78, 5) is 15.5. The maximum atomic E-state index is 11.6. The first kappa shape index (κ1) is 10.6. The fraction of sp³-hybridized carbons (Fsp3) is 0.0909. The Morgan fingerprint density at radius 3 is 2.81 bits per heavy atom. The molecule has 0 saturated heterocycles. The molecule has 0 aliphatic carbocycles. The molecule has 0 fully saturated rings. The maximum absolute atomic E-state index is 11.6. The van der Waals surface area contributed by atoms with Gasteiger partial charge in [-0.25, -0.2) is 9.78 Å². The molecule has 16 heavy (non-hydrogen) atoms. The first-order chi connectivity index (χ1) is 7.75. The quantitative estimate of drug-likeness (QED) is 0.837. The minimum absolute atomic E-state index is 0.274. The molecule has 0 aliphatic rings. The number of carbonyl (C=O) groups is 1. The average Bonchev–Trinajstić information content (AvgIpc) is 2.74. The fourth-order valence-electron chi connectivity index (χ4n) is 1.25. The summed E-state index contributed by atoms with van der Waals surface area (Å²) in [6.07, 6.45) is 1.65. The zero-order chi connectivity index (χ0) is 11.4. The minimum Gasteiger partial charge on any atom is -0.307 e. The molecule has 2 amide bonds. The predicted molar refractivity (Wildman–Crippen MR) is 65.9 cm³/mol. The van der Waals surface area contributed by atoms with Crippen molar-refractivity contribution in [1.82, 2.24) is 4.98 Å². The number of nitrogens with one attached hydrogen (secondary N) is 2. The largest absolute Gasteiger partial charge is 0.325 e. The van der Waals surface area contributed by atoms with Gasteiger partial charge >= 0.3 is 6.03 Å². The first-order valence-corrected chi connectivity index (χ1v) is 5.67. The van der Waals surface area contributed by atoms with Crippen LogP contribution >= 0.6 is 11.3 Å². The van der Waals surface area contributed by atoms with E-state index < -0.39 is 0 Å². The Bertz CT molecular complexity index is 482. The van der Waals surface area contributed by atoms with E-state index in [4.69, 9.17) is 0 Å². The lowest BCUT2D eigenvalue weighted by Gasteiger charge is -2.07. The van der Waals surface area contributed by atoms with Crippen molar-refractivity contribution in [2.75, 3.05) is 10.6 Å². The number of aromatic nitrogens is 1. The molecule has 1 heterocycles. The van der Waals surface area contributed by atoms with Crippen LogP contribution in [0.1, 0.15) is 5.56 Å². The summed E-state index contributed by atoms with van der Waals surface area (Å²) in [5.74, 6) is 0. The highest BCUT2D eigenvalue weighted by Gasteiger charge is 2.04. The van der Waals surface area contributed by atoms with Crippen molar-refractivity contribution >= 4 is 28.2 Å². The van der Waals surface area contributed by atoms with Crippen LogP contribution in [0.4, 0.5) is 15.6 Å². The molecule has 0 atom stereocenters. The topological polar surface area (TPSA) is 54.0 Å². The molecule has 2 rings (SSSR count). The second-order valence-electron chi connectivity index (χ2n) is 3.23. The van der Waals surface area contributed by atoms with E-state index in [0.29, 0.717) is 5.13 Å². The van der Waals surface area contributed by atoms with Gasteiger partial charge in [-0.3, -0.25) is 5.32 Å². The Morgan fingerprint density at radius 1 is 1.31 bits per heavy atom. The number of para-hydroxylation sites is 1. The Kier molecular flexibility index (Phi) is 3.16. The van der Waals surface area contributed by atoms with Crippen molar-refractivity contribution < 1.29 is 4.79 Å². The van der Waals surface area contributed by atoms with Crippen LogP contribution in [0.5, 0.6) is 0 Å². The molecule has 1 aromatic carbocycles. The van der Waals surface area contributed by atoms with Gasteiger partial charge in [0.1, 0.15) is 0 Å². The van der Waals surface area contributed by atoms with E-state index in [1.807, 2.05) is 36.6 Å². The monoisotopic (exact) mass is 233 g/mol. The van der Waals surface area contributed by atoms with Gasteiger partial charge in [0, 0.05) is 17.3 Å². The molecule has 82 valence electrons. The summed E-state index contributed by atoms with van der Waals surface area (Å²) in [5.41, 5.74) is 1.83. The van der Waals surface area contributed by atoms with Crippen molar-refractivity contribution in [3.8, 4) is 0 Å². The number of hydrogen-bond donors (Lipinski definition) is 2. The van der Waals surface area contributed by atoms with Crippen LogP contribution in [0.3, 0.4) is 0 Å². The zero-order valence-electron chi connectivity index (χ0n) is 8.73. The number of urea groups is 1. The number of thiazole rings is 1. The maximum Gasteiger partial charge on any atom is 0.325 e. The van der Waals surface area contributed by atoms with E-state index in [9.17, 15) is 4.79 Å². The zero-order valence-corrected chi connectivity index (χ0v) is 9.54. The van der Waals surface area contributed by atoms with Crippen molar-refractivity contribution in [1.29, 1.82) is 0 Å². The molecular formula is C11H11N3OS. The number of benzene rings is 1. The van der Waals surface area contributed by atoms with Crippen LogP contribution in [0.2, 0.25) is 0 Å². The third kappa shape index (κ3) is 2.58. The van der Waals surface area contributed by atoms with Crippen molar-refractivity contribution in [3.05, 3.63) is 41.4 Å². The number of anilines is 2. The van der Waals surface area contributed by atoms with Crippen LogP contribution in [0.15, 0.2) is 35.8 Å². The molecule has 0 saturated carbocycles. The summed E-state index contributed by atoms with van der Waals surface area (Å²) in [5, 5.41) is 7.82. The fourth-order valence-corrected chi connectivity index (χ4v) is 1.77. The number of carbonyl (C=O) groups excluding carboxylic acids is 1. The number of amides is 2. The van der Waals surface area contributed by atoms with Crippen molar-refractivity contribution in [3.63, 3.8) is 0 Å².